The summed E-state index contributed by atoms with van der Waals surface area (Å²) >= 11 is 0. The van der Waals surface area contributed by atoms with Crippen LogP contribution in [0.25, 0.3) is 0 Å². The van der Waals surface area contributed by atoms with E-state index in [2.05, 4.69) is 0 Å². The quantitative estimate of drug-likeness (QED) is 0.539. The SMILES string of the molecule is C[C@@H](O)C1CC12CC2. The molecule has 1 N–H and O–H groups in total. The van der Waals surface area contributed by atoms with Crippen LogP contribution in [0.2, 0.25) is 0 Å². The second kappa shape index (κ2) is 1.10. The Kier molecular flexibility index (Phi) is 0.663. The first kappa shape index (κ1) is 4.80. The highest BCUT2D eigenvalue weighted by atomic mass is 16.3. The molecule has 1 unspecified atom stereocenters. The molecule has 0 radical (unpaired) electrons. The van der Waals surface area contributed by atoms with Crippen LogP contribution >= 0.6 is 0 Å². The lowest BCUT2D eigenvalue weighted by molar-refractivity contribution is 0.162. The topological polar surface area (TPSA) is 20.2 Å². The number of hydrogen-bond acceptors (Lipinski definition) is 1. The maximum absolute atomic E-state index is 9.07. The summed E-state index contributed by atoms with van der Waals surface area (Å²) in [5, 5.41) is 9.07. The van der Waals surface area contributed by atoms with Gasteiger partial charge in [-0.15, -0.1) is 0 Å². The van der Waals surface area contributed by atoms with Gasteiger partial charge in [0.25, 0.3) is 0 Å². The molecule has 0 amide bonds. The maximum atomic E-state index is 9.07. The third kappa shape index (κ3) is 0.455. The van der Waals surface area contributed by atoms with E-state index in [1.54, 1.807) is 0 Å². The molecule has 0 bridgehead atoms. The number of aliphatic hydroxyl groups is 1. The number of hydrogen-bond donors (Lipinski definition) is 1. The molecular weight excluding hydrogens is 100 g/mol. The Morgan fingerprint density at radius 2 is 2.25 bits per heavy atom. The first-order valence-electron chi connectivity index (χ1n) is 3.43. The molecule has 2 fully saturated rings. The average Bonchev–Trinajstić information content (AvgIpc) is 2.50. The summed E-state index contributed by atoms with van der Waals surface area (Å²) < 4.78 is 0. The van der Waals surface area contributed by atoms with Crippen LogP contribution in [0.1, 0.15) is 26.2 Å². The van der Waals surface area contributed by atoms with E-state index in [4.69, 9.17) is 5.11 Å². The Morgan fingerprint density at radius 3 is 2.38 bits per heavy atom. The normalized spacial score (nSPS) is 42.0. The smallest absolute Gasteiger partial charge is 0.0545 e. The van der Waals surface area contributed by atoms with Crippen molar-refractivity contribution in [1.82, 2.24) is 0 Å². The Bertz CT molecular complexity index is 114. The largest absolute Gasteiger partial charge is 0.393 e. The molecule has 2 saturated carbocycles. The Labute approximate surface area is 49.7 Å². The van der Waals surface area contributed by atoms with Gasteiger partial charge in [0.15, 0.2) is 0 Å². The molecule has 0 aromatic carbocycles. The molecule has 2 atom stereocenters. The molecule has 8 heavy (non-hydrogen) atoms. The van der Waals surface area contributed by atoms with Crippen LogP contribution in [0.4, 0.5) is 0 Å². The number of aliphatic hydroxyl groups excluding tert-OH is 1. The van der Waals surface area contributed by atoms with Gasteiger partial charge in [0.05, 0.1) is 6.10 Å². The van der Waals surface area contributed by atoms with Gasteiger partial charge in [0, 0.05) is 0 Å². The highest BCUT2D eigenvalue weighted by Gasteiger charge is 2.63. The molecular formula is C7H12O. The second-order valence-corrected chi connectivity index (χ2v) is 3.41. The van der Waals surface area contributed by atoms with Crippen LogP contribution in [-0.4, -0.2) is 11.2 Å². The zero-order valence-corrected chi connectivity index (χ0v) is 5.22. The molecule has 1 spiro atoms. The Hall–Kier alpha value is -0.0400. The summed E-state index contributed by atoms with van der Waals surface area (Å²) in [4.78, 5) is 0. The van der Waals surface area contributed by atoms with Gasteiger partial charge in [-0.3, -0.25) is 0 Å². The fraction of sp³-hybridized carbons (Fsp3) is 1.00. The first-order chi connectivity index (χ1) is 3.75. The van der Waals surface area contributed by atoms with Crippen LogP contribution in [0, 0.1) is 11.3 Å². The minimum atomic E-state index is -0.0301. The van der Waals surface area contributed by atoms with Crippen molar-refractivity contribution in [3.05, 3.63) is 0 Å². The van der Waals surface area contributed by atoms with E-state index in [9.17, 15) is 0 Å². The molecule has 0 heterocycles. The maximum Gasteiger partial charge on any atom is 0.0545 e. The summed E-state index contributed by atoms with van der Waals surface area (Å²) in [5.41, 5.74) is 0.689. The van der Waals surface area contributed by atoms with Crippen molar-refractivity contribution in [2.24, 2.45) is 11.3 Å². The van der Waals surface area contributed by atoms with E-state index in [1.165, 1.54) is 19.3 Å². The highest BCUT2D eigenvalue weighted by molar-refractivity contribution is 5.13. The average molecular weight is 112 g/mol. The first-order valence-corrected chi connectivity index (χ1v) is 3.43. The van der Waals surface area contributed by atoms with Crippen molar-refractivity contribution in [2.45, 2.75) is 32.3 Å². The lowest BCUT2D eigenvalue weighted by Gasteiger charge is -1.97. The summed E-state index contributed by atoms with van der Waals surface area (Å²) in [5.74, 6) is 0.683. The van der Waals surface area contributed by atoms with E-state index in [-0.39, 0.29) is 6.10 Å². The molecule has 0 aromatic heterocycles. The summed E-state index contributed by atoms with van der Waals surface area (Å²) in [6, 6.07) is 0. The van der Waals surface area contributed by atoms with Crippen LogP contribution in [0.3, 0.4) is 0 Å². The number of rotatable bonds is 1. The van der Waals surface area contributed by atoms with Gasteiger partial charge in [-0.25, -0.2) is 0 Å². The van der Waals surface area contributed by atoms with Crippen molar-refractivity contribution in [3.8, 4) is 0 Å². The van der Waals surface area contributed by atoms with E-state index >= 15 is 0 Å². The fourth-order valence-electron chi connectivity index (χ4n) is 1.80. The summed E-state index contributed by atoms with van der Waals surface area (Å²) in [6.07, 6.45) is 4.06. The monoisotopic (exact) mass is 112 g/mol. The van der Waals surface area contributed by atoms with E-state index in [0.717, 1.165) is 0 Å². The van der Waals surface area contributed by atoms with Gasteiger partial charge < -0.3 is 5.11 Å². The third-order valence-corrected chi connectivity index (χ3v) is 2.73. The predicted molar refractivity (Wildman–Crippen MR) is 31.5 cm³/mol. The van der Waals surface area contributed by atoms with Crippen LogP contribution in [-0.2, 0) is 0 Å². The van der Waals surface area contributed by atoms with Crippen molar-refractivity contribution >= 4 is 0 Å². The van der Waals surface area contributed by atoms with Gasteiger partial charge in [-0.05, 0) is 37.5 Å². The zero-order chi connectivity index (χ0) is 5.78. The second-order valence-electron chi connectivity index (χ2n) is 3.41. The van der Waals surface area contributed by atoms with E-state index in [1.807, 2.05) is 6.92 Å². The van der Waals surface area contributed by atoms with E-state index in [0.29, 0.717) is 11.3 Å². The fourth-order valence-corrected chi connectivity index (χ4v) is 1.80. The molecule has 0 aliphatic heterocycles. The lowest BCUT2D eigenvalue weighted by Crippen LogP contribution is -2.03. The molecule has 2 aliphatic carbocycles. The summed E-state index contributed by atoms with van der Waals surface area (Å²) in [7, 11) is 0. The van der Waals surface area contributed by atoms with Gasteiger partial charge in [-0.2, -0.15) is 0 Å². The molecule has 2 aliphatic rings. The molecule has 46 valence electrons. The third-order valence-electron chi connectivity index (χ3n) is 2.73. The zero-order valence-electron chi connectivity index (χ0n) is 5.22. The molecule has 0 aromatic rings. The standard InChI is InChI=1S/C7H12O/c1-5(8)6-4-7(6)2-3-7/h5-6,8H,2-4H2,1H3/t5-,6?/m1/s1. The lowest BCUT2D eigenvalue weighted by atomic mass is 10.2. The molecule has 2 rings (SSSR count). The van der Waals surface area contributed by atoms with Gasteiger partial charge in [-0.1, -0.05) is 0 Å². The van der Waals surface area contributed by atoms with Crippen LogP contribution < -0.4 is 0 Å². The van der Waals surface area contributed by atoms with Crippen LogP contribution in [0.5, 0.6) is 0 Å². The van der Waals surface area contributed by atoms with Gasteiger partial charge >= 0.3 is 0 Å². The van der Waals surface area contributed by atoms with Crippen LogP contribution in [0.15, 0.2) is 0 Å². The Balaban J connectivity index is 1.96. The van der Waals surface area contributed by atoms with Gasteiger partial charge in [0.1, 0.15) is 0 Å². The highest BCUT2D eigenvalue weighted by Crippen LogP contribution is 2.71. The summed E-state index contributed by atoms with van der Waals surface area (Å²) in [6.45, 7) is 1.91. The van der Waals surface area contributed by atoms with Crippen molar-refractivity contribution in [3.63, 3.8) is 0 Å². The molecule has 0 saturated heterocycles. The molecule has 1 heteroatoms. The van der Waals surface area contributed by atoms with Crippen molar-refractivity contribution in [2.75, 3.05) is 0 Å². The Morgan fingerprint density at radius 1 is 1.62 bits per heavy atom. The predicted octanol–water partition coefficient (Wildman–Crippen LogP) is 1.17. The van der Waals surface area contributed by atoms with Crippen molar-refractivity contribution in [1.29, 1.82) is 0 Å². The minimum Gasteiger partial charge on any atom is -0.393 e. The van der Waals surface area contributed by atoms with E-state index < -0.39 is 0 Å². The molecule has 1 nitrogen and oxygen atoms in total. The van der Waals surface area contributed by atoms with Crippen molar-refractivity contribution < 1.29 is 5.11 Å². The van der Waals surface area contributed by atoms with Gasteiger partial charge in [0.2, 0.25) is 0 Å². The minimum absolute atomic E-state index is 0.0301.